The molecule has 5 nitrogen and oxygen atoms in total. The van der Waals surface area contributed by atoms with Crippen molar-refractivity contribution in [1.29, 1.82) is 0 Å². The average Bonchev–Trinajstić information content (AvgIpc) is 2.62. The molecule has 2 N–H and O–H groups in total. The van der Waals surface area contributed by atoms with E-state index in [1.54, 1.807) is 20.8 Å². The van der Waals surface area contributed by atoms with Gasteiger partial charge < -0.3 is 15.4 Å². The van der Waals surface area contributed by atoms with Crippen molar-refractivity contribution in [1.82, 2.24) is 5.32 Å². The van der Waals surface area contributed by atoms with Gasteiger partial charge in [0.05, 0.1) is 11.3 Å². The Bertz CT molecular complexity index is 821. The zero-order valence-corrected chi connectivity index (χ0v) is 17.2. The van der Waals surface area contributed by atoms with Crippen molar-refractivity contribution < 1.29 is 31.9 Å². The predicted molar refractivity (Wildman–Crippen MR) is 102 cm³/mol. The van der Waals surface area contributed by atoms with E-state index in [4.69, 9.17) is 4.74 Å². The quantitative estimate of drug-likeness (QED) is 0.631. The Kier molecular flexibility index (Phi) is 5.54. The van der Waals surface area contributed by atoms with Gasteiger partial charge in [-0.3, -0.25) is 4.79 Å². The van der Waals surface area contributed by atoms with Crippen LogP contribution in [0.1, 0.15) is 64.9 Å². The first-order valence-corrected chi connectivity index (χ1v) is 9.93. The number of amides is 2. The number of ether oxygens (including phenoxy) is 1. The van der Waals surface area contributed by atoms with E-state index in [1.807, 2.05) is 0 Å². The lowest BCUT2D eigenvalue weighted by molar-refractivity contribution is -0.137. The highest BCUT2D eigenvalue weighted by Gasteiger charge is 2.53. The highest BCUT2D eigenvalue weighted by molar-refractivity contribution is 5.95. The number of anilines is 1. The first-order valence-electron chi connectivity index (χ1n) is 9.93. The van der Waals surface area contributed by atoms with Crippen LogP contribution in [-0.4, -0.2) is 23.1 Å². The molecule has 0 spiro atoms. The minimum Gasteiger partial charge on any atom is -0.444 e. The van der Waals surface area contributed by atoms with E-state index in [2.05, 4.69) is 10.6 Å². The van der Waals surface area contributed by atoms with Gasteiger partial charge in [0.1, 0.15) is 11.4 Å². The van der Waals surface area contributed by atoms with Crippen LogP contribution < -0.4 is 10.6 Å². The highest BCUT2D eigenvalue weighted by Crippen LogP contribution is 2.53. The number of rotatable bonds is 3. The number of hydrogen-bond donors (Lipinski definition) is 2. The van der Waals surface area contributed by atoms with Crippen LogP contribution in [0.25, 0.3) is 0 Å². The molecule has 4 rings (SSSR count). The summed E-state index contributed by atoms with van der Waals surface area (Å²) in [6.07, 6.45) is -1.92. The molecule has 9 heteroatoms. The van der Waals surface area contributed by atoms with E-state index >= 15 is 0 Å². The summed E-state index contributed by atoms with van der Waals surface area (Å²) in [5.41, 5.74) is -3.13. The predicted octanol–water partition coefficient (Wildman–Crippen LogP) is 5.40. The van der Waals surface area contributed by atoms with Gasteiger partial charge >= 0.3 is 12.3 Å². The van der Waals surface area contributed by atoms with Crippen molar-refractivity contribution in [3.63, 3.8) is 0 Å². The van der Waals surface area contributed by atoms with Gasteiger partial charge in [-0.15, -0.1) is 0 Å². The fourth-order valence-electron chi connectivity index (χ4n) is 4.28. The number of benzene rings is 1. The Hall–Kier alpha value is -2.32. The maximum Gasteiger partial charge on any atom is 0.416 e. The van der Waals surface area contributed by atoms with Crippen molar-refractivity contribution in [2.45, 2.75) is 76.6 Å². The molecule has 0 radical (unpaired) electrons. The molecule has 2 amide bonds. The second kappa shape index (κ2) is 7.42. The number of halogens is 4. The molecular formula is C21H26F4N2O3. The molecule has 3 fully saturated rings. The summed E-state index contributed by atoms with van der Waals surface area (Å²) in [4.78, 5) is 25.0. The second-order valence-corrected chi connectivity index (χ2v) is 9.33. The lowest BCUT2D eigenvalue weighted by Gasteiger charge is -2.52. The van der Waals surface area contributed by atoms with Crippen LogP contribution in [0.3, 0.4) is 0 Å². The van der Waals surface area contributed by atoms with Crippen LogP contribution in [-0.2, 0) is 15.7 Å². The Morgan fingerprint density at radius 2 is 1.57 bits per heavy atom. The maximum atomic E-state index is 14.1. The van der Waals surface area contributed by atoms with E-state index in [1.165, 1.54) is 0 Å². The molecule has 0 heterocycles. The number of alkyl carbamates (subject to hydrolysis) is 1. The molecule has 0 atom stereocenters. The van der Waals surface area contributed by atoms with E-state index in [9.17, 15) is 27.2 Å². The Labute approximate surface area is 172 Å². The third-order valence-corrected chi connectivity index (χ3v) is 6.04. The van der Waals surface area contributed by atoms with Gasteiger partial charge in [0, 0.05) is 11.0 Å². The lowest BCUT2D eigenvalue weighted by Crippen LogP contribution is -2.59. The SMILES string of the molecule is CC(C)(C)OC(=O)NC12CCC(C(=O)Nc3ccc(C(F)(F)F)cc3F)(CC1)CC2. The van der Waals surface area contributed by atoms with Crippen molar-refractivity contribution in [2.24, 2.45) is 5.41 Å². The van der Waals surface area contributed by atoms with E-state index in [-0.39, 0.29) is 5.69 Å². The van der Waals surface area contributed by atoms with Gasteiger partial charge in [-0.1, -0.05) is 0 Å². The average molecular weight is 430 g/mol. The number of hydrogen-bond acceptors (Lipinski definition) is 3. The highest BCUT2D eigenvalue weighted by atomic mass is 19.4. The fourth-order valence-corrected chi connectivity index (χ4v) is 4.28. The molecule has 1 aromatic carbocycles. The Balaban J connectivity index is 1.64. The topological polar surface area (TPSA) is 67.4 Å². The third-order valence-electron chi connectivity index (χ3n) is 6.04. The number of carbonyl (C=O) groups is 2. The molecule has 0 unspecified atom stereocenters. The van der Waals surface area contributed by atoms with Gasteiger partial charge in [-0.2, -0.15) is 13.2 Å². The molecule has 0 aliphatic heterocycles. The summed E-state index contributed by atoms with van der Waals surface area (Å²) >= 11 is 0. The van der Waals surface area contributed by atoms with E-state index < -0.39 is 46.1 Å². The molecule has 30 heavy (non-hydrogen) atoms. The summed E-state index contributed by atoms with van der Waals surface area (Å²) in [6, 6.07) is 2.06. The normalized spacial score (nSPS) is 26.2. The van der Waals surface area contributed by atoms with Gasteiger partial charge in [-0.25, -0.2) is 9.18 Å². The van der Waals surface area contributed by atoms with Crippen LogP contribution in [0.4, 0.5) is 28.0 Å². The molecular weight excluding hydrogens is 404 g/mol. The van der Waals surface area contributed by atoms with Crippen LogP contribution >= 0.6 is 0 Å². The third kappa shape index (κ3) is 4.70. The molecule has 1 aromatic rings. The molecule has 0 saturated heterocycles. The summed E-state index contributed by atoms with van der Waals surface area (Å²) < 4.78 is 57.5. The lowest BCUT2D eigenvalue weighted by atomic mass is 9.57. The van der Waals surface area contributed by atoms with Crippen LogP contribution in [0.2, 0.25) is 0 Å². The summed E-state index contributed by atoms with van der Waals surface area (Å²) in [7, 11) is 0. The molecule has 3 aliphatic rings. The number of fused-ring (bicyclic) bond motifs is 3. The van der Waals surface area contributed by atoms with Crippen molar-refractivity contribution in [3.8, 4) is 0 Å². The summed E-state index contributed by atoms with van der Waals surface area (Å²) in [6.45, 7) is 5.34. The van der Waals surface area contributed by atoms with Crippen LogP contribution in [0.15, 0.2) is 18.2 Å². The first kappa shape index (κ1) is 22.4. The summed E-state index contributed by atoms with van der Waals surface area (Å²) in [5, 5.41) is 5.42. The van der Waals surface area contributed by atoms with Gasteiger partial charge in [0.25, 0.3) is 0 Å². The number of carbonyl (C=O) groups excluding carboxylic acids is 2. The van der Waals surface area contributed by atoms with Crippen molar-refractivity contribution in [2.75, 3.05) is 5.32 Å². The molecule has 166 valence electrons. The van der Waals surface area contributed by atoms with Crippen molar-refractivity contribution >= 4 is 17.7 Å². The molecule has 2 bridgehead atoms. The zero-order valence-electron chi connectivity index (χ0n) is 17.2. The van der Waals surface area contributed by atoms with Gasteiger partial charge in [0.15, 0.2) is 0 Å². The van der Waals surface area contributed by atoms with Crippen molar-refractivity contribution in [3.05, 3.63) is 29.6 Å². The smallest absolute Gasteiger partial charge is 0.416 e. The standard InChI is InChI=1S/C21H26F4N2O3/c1-18(2,3)30-17(29)27-20-9-6-19(7-10-20,8-11-20)16(28)26-15-5-4-13(12-14(15)22)21(23,24)25/h4-5,12H,6-11H2,1-3H3,(H,26,28)(H,27,29). The van der Waals surface area contributed by atoms with Crippen LogP contribution in [0.5, 0.6) is 0 Å². The molecule has 3 aliphatic carbocycles. The van der Waals surface area contributed by atoms with E-state index in [0.717, 1.165) is 12.1 Å². The summed E-state index contributed by atoms with van der Waals surface area (Å²) in [5.74, 6) is -1.52. The number of alkyl halides is 3. The van der Waals surface area contributed by atoms with E-state index in [0.29, 0.717) is 44.6 Å². The fraction of sp³-hybridized carbons (Fsp3) is 0.619. The Morgan fingerprint density at radius 1 is 1.00 bits per heavy atom. The van der Waals surface area contributed by atoms with Gasteiger partial charge in [0.2, 0.25) is 5.91 Å². The molecule has 3 saturated carbocycles. The zero-order chi connectivity index (χ0) is 22.4. The second-order valence-electron chi connectivity index (χ2n) is 9.33. The number of nitrogens with one attached hydrogen (secondary N) is 2. The maximum absolute atomic E-state index is 14.1. The largest absolute Gasteiger partial charge is 0.444 e. The van der Waals surface area contributed by atoms with Crippen LogP contribution in [0, 0.1) is 11.2 Å². The minimum absolute atomic E-state index is 0.267. The Morgan fingerprint density at radius 3 is 2.03 bits per heavy atom. The minimum atomic E-state index is -4.65. The van der Waals surface area contributed by atoms with Gasteiger partial charge in [-0.05, 0) is 77.5 Å². The first-order chi connectivity index (χ1) is 13.7. The monoisotopic (exact) mass is 430 g/mol. The molecule has 0 aromatic heterocycles.